The van der Waals surface area contributed by atoms with Crippen molar-refractivity contribution in [2.24, 2.45) is 0 Å². The number of hydrogen-bond donors (Lipinski definition) is 4. The van der Waals surface area contributed by atoms with Gasteiger partial charge in [0.25, 0.3) is 11.3 Å². The van der Waals surface area contributed by atoms with Crippen molar-refractivity contribution in [3.05, 3.63) is 60.2 Å². The van der Waals surface area contributed by atoms with Crippen LogP contribution in [-0.4, -0.2) is 30.1 Å². The zero-order valence-electron chi connectivity index (χ0n) is 13.1. The third kappa shape index (κ3) is 3.40. The van der Waals surface area contributed by atoms with Crippen molar-refractivity contribution < 1.29 is 28.9 Å². The molecule has 4 N–H and O–H groups in total. The highest BCUT2D eigenvalue weighted by Gasteiger charge is 2.21. The van der Waals surface area contributed by atoms with Crippen LogP contribution in [0.25, 0.3) is 10.4 Å². The minimum atomic E-state index is -2.46. The molecule has 3 aromatic rings. The number of carbonyl (C=O) groups is 1. The summed E-state index contributed by atoms with van der Waals surface area (Å²) in [6.45, 7) is 0. The summed E-state index contributed by atoms with van der Waals surface area (Å²) in [5.41, 5.74) is 0.425. The number of rotatable bonds is 5. The first kappa shape index (κ1) is 17.9. The molecule has 0 aliphatic rings. The summed E-state index contributed by atoms with van der Waals surface area (Å²) in [7, 11) is 0. The van der Waals surface area contributed by atoms with Crippen molar-refractivity contribution >= 4 is 39.3 Å². The van der Waals surface area contributed by atoms with E-state index in [1.54, 1.807) is 36.4 Å². The monoisotopic (exact) mass is 391 g/mol. The highest BCUT2D eigenvalue weighted by Crippen LogP contribution is 2.41. The van der Waals surface area contributed by atoms with Crippen LogP contribution < -0.4 is 4.31 Å². The zero-order chi connectivity index (χ0) is 18.8. The fourth-order valence-electron chi connectivity index (χ4n) is 2.39. The fourth-order valence-corrected chi connectivity index (χ4v) is 4.17. The minimum Gasteiger partial charge on any atom is -0.507 e. The van der Waals surface area contributed by atoms with E-state index < -0.39 is 23.0 Å². The van der Waals surface area contributed by atoms with Gasteiger partial charge in [-0.15, -0.1) is 11.3 Å². The van der Waals surface area contributed by atoms with Crippen LogP contribution in [0.15, 0.2) is 54.6 Å². The molecule has 1 aromatic heterocycles. The Kier molecular flexibility index (Phi) is 4.94. The standard InChI is InChI=1S/C17H13NO6S2/c19-13-4-2-1-3-11(13)15-7-8-16(25-15)18(26(23)24)10-5-6-12(17(21)22)14(20)9-10/h1-9,19-20H,(H,21,22)(H,23,24). The quantitative estimate of drug-likeness (QED) is 0.491. The maximum atomic E-state index is 11.8. The lowest BCUT2D eigenvalue weighted by atomic mass is 10.1. The maximum absolute atomic E-state index is 11.8. The Morgan fingerprint density at radius 3 is 2.35 bits per heavy atom. The molecule has 0 spiro atoms. The highest BCUT2D eigenvalue weighted by molar-refractivity contribution is 7.81. The average molecular weight is 391 g/mol. The van der Waals surface area contributed by atoms with Gasteiger partial charge < -0.3 is 15.3 Å². The Hall–Kier alpha value is -2.88. The lowest BCUT2D eigenvalue weighted by molar-refractivity contribution is 0.0694. The lowest BCUT2D eigenvalue weighted by Gasteiger charge is -2.18. The van der Waals surface area contributed by atoms with Crippen LogP contribution in [0, 0.1) is 0 Å². The van der Waals surface area contributed by atoms with Crippen molar-refractivity contribution in [2.75, 3.05) is 4.31 Å². The van der Waals surface area contributed by atoms with Gasteiger partial charge in [-0.2, -0.15) is 0 Å². The third-order valence-corrected chi connectivity index (χ3v) is 5.50. The second kappa shape index (κ2) is 7.16. The lowest BCUT2D eigenvalue weighted by Crippen LogP contribution is -2.18. The third-order valence-electron chi connectivity index (χ3n) is 3.56. The number of thiophene rings is 1. The van der Waals surface area contributed by atoms with Gasteiger partial charge in [0.2, 0.25) is 0 Å². The van der Waals surface area contributed by atoms with Crippen molar-refractivity contribution in [2.45, 2.75) is 0 Å². The van der Waals surface area contributed by atoms with E-state index in [2.05, 4.69) is 0 Å². The summed E-state index contributed by atoms with van der Waals surface area (Å²) >= 11 is -1.29. The first-order chi connectivity index (χ1) is 12.4. The number of aromatic hydroxyl groups is 2. The SMILES string of the molecule is O=C(O)c1ccc(N(c2ccc(-c3ccccc3O)s2)S(=O)O)cc1O. The second-order valence-corrected chi connectivity index (χ2v) is 7.08. The molecular weight excluding hydrogens is 378 g/mol. The Morgan fingerprint density at radius 1 is 1.00 bits per heavy atom. The zero-order valence-corrected chi connectivity index (χ0v) is 14.7. The first-order valence-corrected chi connectivity index (χ1v) is 9.12. The van der Waals surface area contributed by atoms with Crippen LogP contribution in [-0.2, 0) is 11.3 Å². The normalized spacial score (nSPS) is 11.9. The molecule has 3 rings (SSSR count). The summed E-state index contributed by atoms with van der Waals surface area (Å²) in [4.78, 5) is 11.7. The molecule has 134 valence electrons. The molecule has 0 aliphatic heterocycles. The largest absolute Gasteiger partial charge is 0.507 e. The molecule has 1 heterocycles. The fraction of sp³-hybridized carbons (Fsp3) is 0. The van der Waals surface area contributed by atoms with Gasteiger partial charge in [-0.25, -0.2) is 13.3 Å². The second-order valence-electron chi connectivity index (χ2n) is 5.19. The van der Waals surface area contributed by atoms with Crippen LogP contribution in [0.4, 0.5) is 10.7 Å². The van der Waals surface area contributed by atoms with Crippen molar-refractivity contribution in [1.82, 2.24) is 0 Å². The van der Waals surface area contributed by atoms with Gasteiger partial charge in [0.05, 0.1) is 5.69 Å². The molecule has 1 atom stereocenters. The molecule has 0 aliphatic carbocycles. The van der Waals surface area contributed by atoms with Crippen molar-refractivity contribution in [1.29, 1.82) is 0 Å². The average Bonchev–Trinajstić information content (AvgIpc) is 3.04. The number of para-hydroxylation sites is 1. The highest BCUT2D eigenvalue weighted by atomic mass is 32.2. The smallest absolute Gasteiger partial charge is 0.339 e. The Morgan fingerprint density at radius 2 is 1.73 bits per heavy atom. The van der Waals surface area contributed by atoms with Gasteiger partial charge in [0.1, 0.15) is 22.1 Å². The number of carboxylic acid groups (broad SMARTS) is 1. The summed E-state index contributed by atoms with van der Waals surface area (Å²) in [5, 5.41) is 29.1. The number of hydrogen-bond acceptors (Lipinski definition) is 5. The van der Waals surface area contributed by atoms with E-state index in [-0.39, 0.29) is 17.0 Å². The van der Waals surface area contributed by atoms with E-state index in [1.807, 2.05) is 0 Å². The molecule has 0 saturated carbocycles. The Balaban J connectivity index is 2.02. The van der Waals surface area contributed by atoms with Gasteiger partial charge in [-0.05, 0) is 36.4 Å². The predicted molar refractivity (Wildman–Crippen MR) is 99.4 cm³/mol. The van der Waals surface area contributed by atoms with E-state index in [1.165, 1.54) is 6.07 Å². The first-order valence-electron chi connectivity index (χ1n) is 7.24. The van der Waals surface area contributed by atoms with Crippen LogP contribution >= 0.6 is 11.3 Å². The van der Waals surface area contributed by atoms with Gasteiger partial charge in [-0.1, -0.05) is 12.1 Å². The Labute approximate surface area is 154 Å². The molecule has 0 fully saturated rings. The molecule has 7 nitrogen and oxygen atoms in total. The number of nitrogens with zero attached hydrogens (tertiary/aromatic N) is 1. The molecule has 0 saturated heterocycles. The number of benzene rings is 2. The molecule has 0 amide bonds. The van der Waals surface area contributed by atoms with Crippen LogP contribution in [0.5, 0.6) is 11.5 Å². The Bertz CT molecular complexity index is 1000. The molecule has 9 heteroatoms. The summed E-state index contributed by atoms with van der Waals surface area (Å²) < 4.78 is 22.6. The number of phenols is 2. The summed E-state index contributed by atoms with van der Waals surface area (Å²) in [6.07, 6.45) is 0. The maximum Gasteiger partial charge on any atom is 0.339 e. The number of anilines is 2. The number of phenolic OH excluding ortho intramolecular Hbond substituents is 1. The van der Waals surface area contributed by atoms with Gasteiger partial charge in [0, 0.05) is 16.5 Å². The topological polar surface area (TPSA) is 118 Å². The molecule has 1 unspecified atom stereocenters. The predicted octanol–water partition coefficient (Wildman–Crippen LogP) is 3.80. The van der Waals surface area contributed by atoms with Gasteiger partial charge >= 0.3 is 5.97 Å². The van der Waals surface area contributed by atoms with E-state index in [4.69, 9.17) is 5.11 Å². The molecule has 26 heavy (non-hydrogen) atoms. The van der Waals surface area contributed by atoms with E-state index >= 15 is 0 Å². The van der Waals surface area contributed by atoms with E-state index in [9.17, 15) is 23.8 Å². The molecule has 0 radical (unpaired) electrons. The van der Waals surface area contributed by atoms with Crippen LogP contribution in [0.1, 0.15) is 10.4 Å². The van der Waals surface area contributed by atoms with Crippen LogP contribution in [0.3, 0.4) is 0 Å². The molecule has 0 bridgehead atoms. The summed E-state index contributed by atoms with van der Waals surface area (Å²) in [6, 6.07) is 13.6. The van der Waals surface area contributed by atoms with Gasteiger partial charge in [-0.3, -0.25) is 4.55 Å². The van der Waals surface area contributed by atoms with Crippen molar-refractivity contribution in [3.8, 4) is 21.9 Å². The minimum absolute atomic E-state index is 0.0843. The number of aromatic carboxylic acids is 1. The van der Waals surface area contributed by atoms with E-state index in [0.717, 1.165) is 27.8 Å². The van der Waals surface area contributed by atoms with Gasteiger partial charge in [0.15, 0.2) is 0 Å². The number of carboxylic acids is 1. The summed E-state index contributed by atoms with van der Waals surface area (Å²) in [5.74, 6) is -1.73. The van der Waals surface area contributed by atoms with Crippen molar-refractivity contribution in [3.63, 3.8) is 0 Å². The van der Waals surface area contributed by atoms with Crippen LogP contribution in [0.2, 0.25) is 0 Å². The van der Waals surface area contributed by atoms with E-state index in [0.29, 0.717) is 15.4 Å². The molecular formula is C17H13NO6S2. The molecule has 2 aromatic carbocycles.